The van der Waals surface area contributed by atoms with E-state index in [1.54, 1.807) is 44.4 Å². The molecule has 0 fully saturated rings. The van der Waals surface area contributed by atoms with E-state index < -0.39 is 18.1 Å². The smallest absolute Gasteiger partial charge is 0.408 e. The molecule has 0 aromatic heterocycles. The van der Waals surface area contributed by atoms with Crippen LogP contribution in [-0.4, -0.2) is 43.1 Å². The number of hydrogen-bond acceptors (Lipinski definition) is 6. The second-order valence-electron chi connectivity index (χ2n) is 6.32. The van der Waals surface area contributed by atoms with Gasteiger partial charge in [-0.15, -0.1) is 0 Å². The van der Waals surface area contributed by atoms with Crippen molar-refractivity contribution >= 4 is 29.2 Å². The first kappa shape index (κ1) is 21.7. The van der Waals surface area contributed by atoms with Crippen LogP contribution in [0.1, 0.15) is 28.8 Å². The number of hydrogen-bond donors (Lipinski definition) is 4. The van der Waals surface area contributed by atoms with E-state index in [0.717, 1.165) is 11.3 Å². The summed E-state index contributed by atoms with van der Waals surface area (Å²) in [4.78, 5) is 35.9. The Hall–Kier alpha value is -3.55. The van der Waals surface area contributed by atoms with Crippen molar-refractivity contribution in [2.45, 2.75) is 25.5 Å². The number of benzene rings is 2. The second-order valence-corrected chi connectivity index (χ2v) is 6.32. The highest BCUT2D eigenvalue weighted by Gasteiger charge is 2.23. The first-order valence-electron chi connectivity index (χ1n) is 9.17. The quantitative estimate of drug-likeness (QED) is 0.454. The highest BCUT2D eigenvalue weighted by molar-refractivity contribution is 6.02. The molecule has 0 bridgehead atoms. The summed E-state index contributed by atoms with van der Waals surface area (Å²) in [5, 5.41) is 17.6. The van der Waals surface area contributed by atoms with Crippen molar-refractivity contribution in [1.82, 2.24) is 5.32 Å². The van der Waals surface area contributed by atoms with Crippen LogP contribution in [0.2, 0.25) is 0 Å². The van der Waals surface area contributed by atoms with Crippen LogP contribution in [-0.2, 0) is 16.1 Å². The maximum Gasteiger partial charge on any atom is 0.408 e. The van der Waals surface area contributed by atoms with Gasteiger partial charge in [0.25, 0.3) is 0 Å². The zero-order valence-electron chi connectivity index (χ0n) is 16.4. The van der Waals surface area contributed by atoms with E-state index in [1.165, 1.54) is 0 Å². The van der Waals surface area contributed by atoms with Crippen LogP contribution in [0.5, 0.6) is 0 Å². The minimum atomic E-state index is -1.23. The molecular weight excluding hydrogens is 374 g/mol. The van der Waals surface area contributed by atoms with Crippen molar-refractivity contribution in [3.05, 3.63) is 59.7 Å². The van der Waals surface area contributed by atoms with Crippen molar-refractivity contribution < 1.29 is 24.2 Å². The number of aliphatic carboxylic acids is 1. The van der Waals surface area contributed by atoms with Gasteiger partial charge in [-0.2, -0.15) is 0 Å². The average Bonchev–Trinajstić information content (AvgIpc) is 2.74. The summed E-state index contributed by atoms with van der Waals surface area (Å²) >= 11 is 0. The summed E-state index contributed by atoms with van der Waals surface area (Å²) in [5.41, 5.74) is 2.73. The molecule has 0 aliphatic carbocycles. The molecule has 8 nitrogen and oxygen atoms in total. The zero-order chi connectivity index (χ0) is 21.2. The molecule has 29 heavy (non-hydrogen) atoms. The molecule has 0 spiro atoms. The molecule has 0 saturated carbocycles. The number of Topliss-reactive ketones (excluding diaryl/α,β-unsaturated/α-hetero) is 1. The van der Waals surface area contributed by atoms with E-state index in [2.05, 4.69) is 16.0 Å². The van der Waals surface area contributed by atoms with E-state index in [4.69, 9.17) is 4.74 Å². The first-order chi connectivity index (χ1) is 13.9. The van der Waals surface area contributed by atoms with Gasteiger partial charge in [-0.3, -0.25) is 4.79 Å². The monoisotopic (exact) mass is 399 g/mol. The first-order valence-corrected chi connectivity index (χ1v) is 9.17. The standard InChI is InChI=1S/C21H25N3O5/c1-22-15-8-9-16(18(12-15)23-2)19(25)11-10-17(20(26)27)24-21(28)29-13-14-6-4-3-5-7-14/h3-9,12,17,22-23H,10-11,13H2,1-2H3,(H,24,28)(H,26,27). The van der Waals surface area contributed by atoms with Gasteiger partial charge in [0.2, 0.25) is 0 Å². The third-order valence-electron chi connectivity index (χ3n) is 4.34. The lowest BCUT2D eigenvalue weighted by Crippen LogP contribution is -2.41. The van der Waals surface area contributed by atoms with Gasteiger partial charge in [0.1, 0.15) is 12.6 Å². The van der Waals surface area contributed by atoms with Gasteiger partial charge in [0, 0.05) is 37.5 Å². The van der Waals surface area contributed by atoms with Gasteiger partial charge in [-0.05, 0) is 30.2 Å². The van der Waals surface area contributed by atoms with E-state index in [9.17, 15) is 19.5 Å². The molecule has 4 N–H and O–H groups in total. The van der Waals surface area contributed by atoms with Gasteiger partial charge in [-0.1, -0.05) is 30.3 Å². The lowest BCUT2D eigenvalue weighted by Gasteiger charge is -2.15. The lowest BCUT2D eigenvalue weighted by atomic mass is 10.0. The molecule has 0 radical (unpaired) electrons. The van der Waals surface area contributed by atoms with Crippen LogP contribution in [0.3, 0.4) is 0 Å². The van der Waals surface area contributed by atoms with E-state index in [1.807, 2.05) is 18.2 Å². The van der Waals surface area contributed by atoms with Gasteiger partial charge < -0.3 is 25.8 Å². The average molecular weight is 399 g/mol. The fourth-order valence-electron chi connectivity index (χ4n) is 2.72. The summed E-state index contributed by atoms with van der Waals surface area (Å²) < 4.78 is 5.05. The fourth-order valence-corrected chi connectivity index (χ4v) is 2.72. The molecule has 0 aliphatic rings. The van der Waals surface area contributed by atoms with E-state index in [0.29, 0.717) is 11.3 Å². The molecule has 0 saturated heterocycles. The number of carboxylic acid groups (broad SMARTS) is 1. The van der Waals surface area contributed by atoms with Crippen LogP contribution in [0.15, 0.2) is 48.5 Å². The van der Waals surface area contributed by atoms with Gasteiger partial charge >= 0.3 is 12.1 Å². The second kappa shape index (κ2) is 10.7. The van der Waals surface area contributed by atoms with Crippen molar-refractivity contribution in [1.29, 1.82) is 0 Å². The predicted octanol–water partition coefficient (Wildman–Crippen LogP) is 3.11. The Kier molecular flexibility index (Phi) is 8.02. The zero-order valence-corrected chi connectivity index (χ0v) is 16.4. The number of carboxylic acids is 1. The number of amides is 1. The number of nitrogens with one attached hydrogen (secondary N) is 3. The molecule has 2 aromatic rings. The van der Waals surface area contributed by atoms with Gasteiger partial charge in [0.05, 0.1) is 0 Å². The highest BCUT2D eigenvalue weighted by atomic mass is 16.5. The minimum absolute atomic E-state index is 0.0291. The van der Waals surface area contributed by atoms with Crippen LogP contribution in [0.4, 0.5) is 16.2 Å². The number of rotatable bonds is 10. The van der Waals surface area contributed by atoms with Gasteiger partial charge in [-0.25, -0.2) is 9.59 Å². The molecule has 154 valence electrons. The Morgan fingerprint density at radius 1 is 1.03 bits per heavy atom. The van der Waals surface area contributed by atoms with E-state index in [-0.39, 0.29) is 25.2 Å². The van der Waals surface area contributed by atoms with Crippen molar-refractivity contribution in [3.63, 3.8) is 0 Å². The van der Waals surface area contributed by atoms with Crippen molar-refractivity contribution in [2.75, 3.05) is 24.7 Å². The lowest BCUT2D eigenvalue weighted by molar-refractivity contribution is -0.139. The Bertz CT molecular complexity index is 855. The molecule has 1 atom stereocenters. The minimum Gasteiger partial charge on any atom is -0.480 e. The maximum atomic E-state index is 12.6. The fraction of sp³-hybridized carbons (Fsp3) is 0.286. The Morgan fingerprint density at radius 3 is 2.38 bits per heavy atom. The topological polar surface area (TPSA) is 117 Å². The number of carbonyl (C=O) groups is 3. The number of carbonyl (C=O) groups excluding carboxylic acids is 2. The molecular formula is C21H25N3O5. The van der Waals surface area contributed by atoms with Crippen LogP contribution in [0, 0.1) is 0 Å². The SMILES string of the molecule is CNc1ccc(C(=O)CCC(NC(=O)OCc2ccccc2)C(=O)O)c(NC)c1. The van der Waals surface area contributed by atoms with Crippen LogP contribution in [0.25, 0.3) is 0 Å². The molecule has 0 heterocycles. The number of alkyl carbamates (subject to hydrolysis) is 1. The molecule has 1 unspecified atom stereocenters. The van der Waals surface area contributed by atoms with Crippen molar-refractivity contribution in [3.8, 4) is 0 Å². The Balaban J connectivity index is 1.92. The molecule has 2 aromatic carbocycles. The number of ether oxygens (including phenoxy) is 1. The molecule has 8 heteroatoms. The summed E-state index contributed by atoms with van der Waals surface area (Å²) in [7, 11) is 3.48. The molecule has 0 aliphatic heterocycles. The Labute approximate surface area is 169 Å². The normalized spacial score (nSPS) is 11.2. The van der Waals surface area contributed by atoms with Crippen molar-refractivity contribution in [2.24, 2.45) is 0 Å². The molecule has 1 amide bonds. The summed E-state index contributed by atoms with van der Waals surface area (Å²) in [5.74, 6) is -1.45. The van der Waals surface area contributed by atoms with Crippen LogP contribution < -0.4 is 16.0 Å². The highest BCUT2D eigenvalue weighted by Crippen LogP contribution is 2.22. The summed E-state index contributed by atoms with van der Waals surface area (Å²) in [6.45, 7) is 0.0291. The Morgan fingerprint density at radius 2 is 1.76 bits per heavy atom. The third-order valence-corrected chi connectivity index (χ3v) is 4.34. The summed E-state index contributed by atoms with van der Waals surface area (Å²) in [6.07, 6.45) is -0.933. The third kappa shape index (κ3) is 6.53. The van der Waals surface area contributed by atoms with Gasteiger partial charge in [0.15, 0.2) is 5.78 Å². The van der Waals surface area contributed by atoms with E-state index >= 15 is 0 Å². The number of ketones is 1. The summed E-state index contributed by atoms with van der Waals surface area (Å²) in [6, 6.07) is 13.1. The number of anilines is 2. The maximum absolute atomic E-state index is 12.6. The van der Waals surface area contributed by atoms with Crippen LogP contribution >= 0.6 is 0 Å². The molecule has 2 rings (SSSR count). The predicted molar refractivity (Wildman–Crippen MR) is 110 cm³/mol. The largest absolute Gasteiger partial charge is 0.480 e.